The van der Waals surface area contributed by atoms with E-state index in [2.05, 4.69) is 4.90 Å². The van der Waals surface area contributed by atoms with Gasteiger partial charge in [-0.2, -0.15) is 0 Å². The molecule has 92 valence electrons. The molecule has 2 aliphatic rings. The van der Waals surface area contributed by atoms with Crippen molar-refractivity contribution in [3.05, 3.63) is 0 Å². The zero-order chi connectivity index (χ0) is 11.4. The van der Waals surface area contributed by atoms with Crippen LogP contribution in [0.25, 0.3) is 0 Å². The second-order valence-corrected chi connectivity index (χ2v) is 6.29. The first-order valence-electron chi connectivity index (χ1n) is 6.78. The Morgan fingerprint density at radius 3 is 1.47 bits per heavy atom. The predicted molar refractivity (Wildman–Crippen MR) is 75.5 cm³/mol. The van der Waals surface area contributed by atoms with Crippen molar-refractivity contribution in [2.45, 2.75) is 76.3 Å². The molecule has 0 saturated heterocycles. The van der Waals surface area contributed by atoms with Gasteiger partial charge in [0.15, 0.2) is 0 Å². The van der Waals surface area contributed by atoms with E-state index in [4.69, 9.17) is 24.8 Å². The van der Waals surface area contributed by atoms with Crippen LogP contribution in [0.15, 0.2) is 0 Å². The van der Waals surface area contributed by atoms with Crippen LogP contribution in [0, 0.1) is 0 Å². The maximum absolute atomic E-state index is 5.32. The molecule has 1 nitrogen and oxygen atoms in total. The third-order valence-electron chi connectivity index (χ3n) is 4.15. The van der Waals surface area contributed by atoms with Gasteiger partial charge in [0, 0.05) is 12.1 Å². The van der Waals surface area contributed by atoms with Gasteiger partial charge in [-0.3, -0.25) is 0 Å². The van der Waals surface area contributed by atoms with Crippen molar-refractivity contribution in [3.63, 3.8) is 0 Å². The third-order valence-corrected chi connectivity index (χ3v) is 4.57. The summed E-state index contributed by atoms with van der Waals surface area (Å²) < 4.78 is 0.735. The van der Waals surface area contributed by atoms with E-state index in [0.717, 1.165) is 4.32 Å². The van der Waals surface area contributed by atoms with E-state index in [1.54, 1.807) is 0 Å². The number of rotatable bonds is 2. The quantitative estimate of drug-likeness (QED) is 0.412. The zero-order valence-electron chi connectivity index (χ0n) is 11.0. The smallest absolute Gasteiger partial charge is 0.411 e. The largest absolute Gasteiger partial charge is 1.00 e. The first kappa shape index (κ1) is 15.8. The second-order valence-electron chi connectivity index (χ2n) is 5.26. The van der Waals surface area contributed by atoms with Crippen LogP contribution < -0.4 is 18.9 Å². The van der Waals surface area contributed by atoms with Gasteiger partial charge in [0.1, 0.15) is 0 Å². The topological polar surface area (TPSA) is 3.24 Å². The Hall–Kier alpha value is 0.707. The van der Waals surface area contributed by atoms with E-state index in [0.29, 0.717) is 12.1 Å². The minimum atomic E-state index is 0. The van der Waals surface area contributed by atoms with E-state index in [1.165, 1.54) is 64.2 Å². The van der Waals surface area contributed by atoms with E-state index in [9.17, 15) is 0 Å². The number of thiocarbonyl (C=S) groups is 1. The summed E-state index contributed by atoms with van der Waals surface area (Å²) in [6, 6.07) is 1.34. The predicted octanol–water partition coefficient (Wildman–Crippen LogP) is 0.790. The summed E-state index contributed by atoms with van der Waals surface area (Å²) in [7, 11) is 0. The molecule has 2 saturated carbocycles. The third kappa shape index (κ3) is 4.39. The molecule has 0 bridgehead atoms. The molecule has 0 N–H and O–H groups in total. The van der Waals surface area contributed by atoms with Gasteiger partial charge in [-0.05, 0) is 25.7 Å². The van der Waals surface area contributed by atoms with Gasteiger partial charge in [-0.15, -0.1) is 0 Å². The summed E-state index contributed by atoms with van der Waals surface area (Å²) in [5.41, 5.74) is 0. The van der Waals surface area contributed by atoms with Crippen LogP contribution in [-0.2, 0) is 12.6 Å². The second kappa shape index (κ2) is 7.99. The van der Waals surface area contributed by atoms with Gasteiger partial charge < -0.3 is 29.7 Å². The number of nitrogens with zero attached hydrogens (tertiary/aromatic N) is 1. The molecule has 2 aliphatic carbocycles. The average molecular weight is 263 g/mol. The van der Waals surface area contributed by atoms with Crippen molar-refractivity contribution < 1.29 is 18.9 Å². The molecule has 0 spiro atoms. The van der Waals surface area contributed by atoms with Crippen molar-refractivity contribution in [3.8, 4) is 0 Å². The molecular formula is C13H22LiNS2. The molecule has 0 aromatic carbocycles. The SMILES string of the molecule is S=C([S-])N(C1CCCCC1)C1CCCCC1.[Li+]. The fourth-order valence-corrected chi connectivity index (χ4v) is 3.91. The van der Waals surface area contributed by atoms with Gasteiger partial charge in [-0.1, -0.05) is 42.8 Å². The maximum atomic E-state index is 5.32. The van der Waals surface area contributed by atoms with Crippen LogP contribution in [0.2, 0.25) is 0 Å². The van der Waals surface area contributed by atoms with Gasteiger partial charge in [0.25, 0.3) is 0 Å². The Morgan fingerprint density at radius 2 is 1.18 bits per heavy atom. The van der Waals surface area contributed by atoms with Gasteiger partial charge in [0.2, 0.25) is 0 Å². The Morgan fingerprint density at radius 1 is 0.824 bits per heavy atom. The molecule has 0 aromatic heterocycles. The minimum Gasteiger partial charge on any atom is -0.411 e. The fraction of sp³-hybridized carbons (Fsp3) is 0.923. The normalized spacial score (nSPS) is 22.8. The molecule has 17 heavy (non-hydrogen) atoms. The van der Waals surface area contributed by atoms with Crippen molar-refractivity contribution in [2.24, 2.45) is 0 Å². The van der Waals surface area contributed by atoms with E-state index < -0.39 is 0 Å². The molecule has 0 unspecified atom stereocenters. The van der Waals surface area contributed by atoms with E-state index >= 15 is 0 Å². The molecular weight excluding hydrogens is 241 g/mol. The molecule has 0 aliphatic heterocycles. The molecule has 0 heterocycles. The van der Waals surface area contributed by atoms with Crippen LogP contribution in [0.4, 0.5) is 0 Å². The molecule has 0 amide bonds. The molecule has 0 aromatic rings. The minimum absolute atomic E-state index is 0. The summed E-state index contributed by atoms with van der Waals surface area (Å²) in [5.74, 6) is 0. The van der Waals surface area contributed by atoms with Crippen LogP contribution in [0.1, 0.15) is 64.2 Å². The van der Waals surface area contributed by atoms with E-state index in [-0.39, 0.29) is 18.9 Å². The molecule has 0 radical (unpaired) electrons. The Labute approximate surface area is 129 Å². The Kier molecular flexibility index (Phi) is 7.41. The fourth-order valence-electron chi connectivity index (χ4n) is 3.31. The van der Waals surface area contributed by atoms with Crippen LogP contribution >= 0.6 is 12.2 Å². The van der Waals surface area contributed by atoms with Crippen LogP contribution in [0.5, 0.6) is 0 Å². The number of hydrogen-bond acceptors (Lipinski definition) is 2. The first-order chi connectivity index (χ1) is 7.79. The standard InChI is InChI=1S/C13H23NS2.Li/c15-13(16)14(11-7-3-1-4-8-11)12-9-5-2-6-10-12;/h11-12H,1-10H2,(H,15,16);/q;+1/p-1. The summed E-state index contributed by atoms with van der Waals surface area (Å²) in [6.07, 6.45) is 13.5. The Balaban J connectivity index is 0.00000144. The summed E-state index contributed by atoms with van der Waals surface area (Å²) in [5, 5.41) is 0. The van der Waals surface area contributed by atoms with Gasteiger partial charge >= 0.3 is 18.9 Å². The molecule has 4 heteroatoms. The van der Waals surface area contributed by atoms with Crippen molar-refractivity contribution in [1.82, 2.24) is 4.90 Å². The zero-order valence-corrected chi connectivity index (χ0v) is 12.6. The van der Waals surface area contributed by atoms with Gasteiger partial charge in [0.05, 0.1) is 0 Å². The molecule has 0 atom stereocenters. The van der Waals surface area contributed by atoms with E-state index in [1.807, 2.05) is 0 Å². The van der Waals surface area contributed by atoms with Crippen molar-refractivity contribution in [1.29, 1.82) is 0 Å². The molecule has 2 rings (SSSR count). The van der Waals surface area contributed by atoms with Crippen LogP contribution in [0.3, 0.4) is 0 Å². The monoisotopic (exact) mass is 263 g/mol. The first-order valence-corrected chi connectivity index (χ1v) is 7.60. The van der Waals surface area contributed by atoms with Crippen molar-refractivity contribution >= 4 is 29.2 Å². The number of hydrogen-bond donors (Lipinski definition) is 0. The molecule has 2 fully saturated rings. The van der Waals surface area contributed by atoms with Crippen LogP contribution in [-0.4, -0.2) is 21.3 Å². The average Bonchev–Trinajstić information content (AvgIpc) is 2.31. The summed E-state index contributed by atoms with van der Waals surface area (Å²) >= 11 is 10.6. The van der Waals surface area contributed by atoms with Crippen molar-refractivity contribution in [2.75, 3.05) is 0 Å². The Bertz CT molecular complexity index is 218. The summed E-state index contributed by atoms with van der Waals surface area (Å²) in [4.78, 5) is 2.43. The van der Waals surface area contributed by atoms with Gasteiger partial charge in [-0.25, -0.2) is 0 Å². The maximum Gasteiger partial charge on any atom is 1.00 e. The summed E-state index contributed by atoms with van der Waals surface area (Å²) in [6.45, 7) is 0.